The Hall–Kier alpha value is -2.86. The van der Waals surface area contributed by atoms with Gasteiger partial charge in [0.05, 0.1) is 0 Å². The summed E-state index contributed by atoms with van der Waals surface area (Å²) in [6.07, 6.45) is 1.04. The van der Waals surface area contributed by atoms with Gasteiger partial charge < -0.3 is 9.47 Å². The van der Waals surface area contributed by atoms with Crippen molar-refractivity contribution < 1.29 is 19.1 Å². The molecule has 130 valence electrons. The van der Waals surface area contributed by atoms with Gasteiger partial charge in [0.2, 0.25) is 0 Å². The standard InChI is InChI=1S/C19H20N2O4/c22-18(20-21-19(23)17-11-6-12-24-17)13-25-16-10-5-4-9-15(16)14-7-2-1-3-8-14/h1-5,7-10,17H,6,11-13H2,(H,20,22)(H,21,23). The fourth-order valence-corrected chi connectivity index (χ4v) is 2.62. The Kier molecular flexibility index (Phi) is 5.64. The zero-order valence-corrected chi connectivity index (χ0v) is 13.7. The molecule has 0 bridgehead atoms. The molecule has 1 fully saturated rings. The molecule has 3 rings (SSSR count). The van der Waals surface area contributed by atoms with E-state index < -0.39 is 12.0 Å². The van der Waals surface area contributed by atoms with Crippen LogP contribution in [0.4, 0.5) is 0 Å². The monoisotopic (exact) mass is 340 g/mol. The van der Waals surface area contributed by atoms with Crippen LogP contribution in [0.15, 0.2) is 54.6 Å². The number of nitrogens with one attached hydrogen (secondary N) is 2. The highest BCUT2D eigenvalue weighted by atomic mass is 16.5. The Morgan fingerprint density at radius 3 is 2.56 bits per heavy atom. The molecule has 1 saturated heterocycles. The third-order valence-electron chi connectivity index (χ3n) is 3.88. The molecule has 1 unspecified atom stereocenters. The lowest BCUT2D eigenvalue weighted by molar-refractivity contribution is -0.135. The van der Waals surface area contributed by atoms with Gasteiger partial charge in [-0.1, -0.05) is 48.5 Å². The van der Waals surface area contributed by atoms with E-state index in [9.17, 15) is 9.59 Å². The molecular formula is C19H20N2O4. The SMILES string of the molecule is O=C(COc1ccccc1-c1ccccc1)NNC(=O)C1CCCO1. The molecule has 0 radical (unpaired) electrons. The summed E-state index contributed by atoms with van der Waals surface area (Å²) in [5, 5.41) is 0. The summed E-state index contributed by atoms with van der Waals surface area (Å²) >= 11 is 0. The third-order valence-corrected chi connectivity index (χ3v) is 3.88. The van der Waals surface area contributed by atoms with Gasteiger partial charge in [-0.15, -0.1) is 0 Å². The zero-order chi connectivity index (χ0) is 17.5. The Bertz CT molecular complexity index is 727. The Morgan fingerprint density at radius 1 is 1.04 bits per heavy atom. The Labute approximate surface area is 146 Å². The zero-order valence-electron chi connectivity index (χ0n) is 13.7. The fourth-order valence-electron chi connectivity index (χ4n) is 2.62. The molecule has 2 amide bonds. The molecule has 2 aromatic carbocycles. The molecule has 0 aliphatic carbocycles. The molecule has 1 heterocycles. The van der Waals surface area contributed by atoms with Crippen molar-refractivity contribution in [3.05, 3.63) is 54.6 Å². The minimum Gasteiger partial charge on any atom is -0.483 e. The van der Waals surface area contributed by atoms with Gasteiger partial charge in [0.1, 0.15) is 11.9 Å². The van der Waals surface area contributed by atoms with Crippen molar-refractivity contribution in [2.45, 2.75) is 18.9 Å². The maximum Gasteiger partial charge on any atom is 0.276 e. The van der Waals surface area contributed by atoms with E-state index in [1.54, 1.807) is 6.07 Å². The van der Waals surface area contributed by atoms with Crippen LogP contribution in [0.25, 0.3) is 11.1 Å². The van der Waals surface area contributed by atoms with Gasteiger partial charge in [-0.25, -0.2) is 0 Å². The summed E-state index contributed by atoms with van der Waals surface area (Å²) in [5.74, 6) is -0.168. The van der Waals surface area contributed by atoms with Crippen molar-refractivity contribution in [3.8, 4) is 16.9 Å². The van der Waals surface area contributed by atoms with Gasteiger partial charge in [0, 0.05) is 12.2 Å². The van der Waals surface area contributed by atoms with Crippen LogP contribution in [0.3, 0.4) is 0 Å². The highest BCUT2D eigenvalue weighted by molar-refractivity contribution is 5.85. The lowest BCUT2D eigenvalue weighted by atomic mass is 10.1. The summed E-state index contributed by atoms with van der Waals surface area (Å²) < 4.78 is 10.9. The first-order valence-electron chi connectivity index (χ1n) is 8.21. The number of rotatable bonds is 5. The molecule has 6 heteroatoms. The number of benzene rings is 2. The fraction of sp³-hybridized carbons (Fsp3) is 0.263. The number of ether oxygens (including phenoxy) is 2. The van der Waals surface area contributed by atoms with Gasteiger partial charge >= 0.3 is 0 Å². The van der Waals surface area contributed by atoms with Crippen LogP contribution in [0.2, 0.25) is 0 Å². The van der Waals surface area contributed by atoms with Crippen molar-refractivity contribution in [2.24, 2.45) is 0 Å². The minimum absolute atomic E-state index is 0.199. The van der Waals surface area contributed by atoms with Crippen molar-refractivity contribution in [2.75, 3.05) is 13.2 Å². The predicted molar refractivity (Wildman–Crippen MR) is 92.6 cm³/mol. The van der Waals surface area contributed by atoms with Crippen LogP contribution in [0, 0.1) is 0 Å². The second-order valence-corrected chi connectivity index (χ2v) is 5.69. The first kappa shape index (κ1) is 17.0. The average Bonchev–Trinajstić information content (AvgIpc) is 3.20. The van der Waals surface area contributed by atoms with Crippen LogP contribution >= 0.6 is 0 Å². The molecule has 25 heavy (non-hydrogen) atoms. The Balaban J connectivity index is 1.53. The van der Waals surface area contributed by atoms with Crippen molar-refractivity contribution in [1.82, 2.24) is 10.9 Å². The van der Waals surface area contributed by atoms with Crippen LogP contribution in [0.1, 0.15) is 12.8 Å². The van der Waals surface area contributed by atoms with Crippen LogP contribution in [0.5, 0.6) is 5.75 Å². The maximum atomic E-state index is 11.9. The summed E-state index contributed by atoms with van der Waals surface area (Å²) in [7, 11) is 0. The molecule has 1 atom stereocenters. The van der Waals surface area contributed by atoms with Gasteiger partial charge in [0.25, 0.3) is 11.8 Å². The minimum atomic E-state index is -0.486. The van der Waals surface area contributed by atoms with E-state index in [4.69, 9.17) is 9.47 Å². The average molecular weight is 340 g/mol. The number of carbonyl (C=O) groups is 2. The molecule has 1 aliphatic heterocycles. The van der Waals surface area contributed by atoms with Gasteiger partial charge in [-0.05, 0) is 24.5 Å². The maximum absolute atomic E-state index is 11.9. The van der Waals surface area contributed by atoms with Gasteiger partial charge in [-0.2, -0.15) is 0 Å². The summed E-state index contributed by atoms with van der Waals surface area (Å²) in [5.41, 5.74) is 6.62. The predicted octanol–water partition coefficient (Wildman–Crippen LogP) is 2.06. The molecule has 6 nitrogen and oxygen atoms in total. The van der Waals surface area contributed by atoms with E-state index in [2.05, 4.69) is 10.9 Å². The van der Waals surface area contributed by atoms with E-state index in [-0.39, 0.29) is 12.5 Å². The largest absolute Gasteiger partial charge is 0.483 e. The van der Waals surface area contributed by atoms with E-state index in [1.165, 1.54) is 0 Å². The number of carbonyl (C=O) groups excluding carboxylic acids is 2. The second-order valence-electron chi connectivity index (χ2n) is 5.69. The number of para-hydroxylation sites is 1. The number of hydrazine groups is 1. The van der Waals surface area contributed by atoms with Crippen molar-refractivity contribution >= 4 is 11.8 Å². The van der Waals surface area contributed by atoms with Crippen LogP contribution in [-0.4, -0.2) is 31.1 Å². The van der Waals surface area contributed by atoms with Crippen molar-refractivity contribution in [1.29, 1.82) is 0 Å². The first-order valence-corrected chi connectivity index (χ1v) is 8.21. The molecule has 1 aliphatic rings. The van der Waals surface area contributed by atoms with Gasteiger partial charge in [0.15, 0.2) is 6.61 Å². The molecule has 0 saturated carbocycles. The molecule has 2 N–H and O–H groups in total. The lowest BCUT2D eigenvalue weighted by Crippen LogP contribution is -2.47. The summed E-state index contributed by atoms with van der Waals surface area (Å²) in [6, 6.07) is 17.3. The highest BCUT2D eigenvalue weighted by Gasteiger charge is 2.23. The topological polar surface area (TPSA) is 76.7 Å². The normalized spacial score (nSPS) is 16.2. The van der Waals surface area contributed by atoms with E-state index >= 15 is 0 Å². The van der Waals surface area contributed by atoms with Crippen LogP contribution < -0.4 is 15.6 Å². The highest BCUT2D eigenvalue weighted by Crippen LogP contribution is 2.29. The van der Waals surface area contributed by atoms with Gasteiger partial charge in [-0.3, -0.25) is 20.4 Å². The van der Waals surface area contributed by atoms with Crippen LogP contribution in [-0.2, 0) is 14.3 Å². The molecule has 0 aromatic heterocycles. The quantitative estimate of drug-likeness (QED) is 0.817. The number of hydrogen-bond acceptors (Lipinski definition) is 4. The summed E-state index contributed by atoms with van der Waals surface area (Å²) in [6.45, 7) is 0.376. The van der Waals surface area contributed by atoms with E-state index in [0.717, 1.165) is 17.5 Å². The lowest BCUT2D eigenvalue weighted by Gasteiger charge is -2.13. The Morgan fingerprint density at radius 2 is 1.80 bits per heavy atom. The first-order chi connectivity index (χ1) is 12.2. The third kappa shape index (κ3) is 4.58. The van der Waals surface area contributed by atoms with Crippen molar-refractivity contribution in [3.63, 3.8) is 0 Å². The molecule has 2 aromatic rings. The number of hydrogen-bond donors (Lipinski definition) is 2. The van der Waals surface area contributed by atoms with E-state index in [1.807, 2.05) is 48.5 Å². The summed E-state index contributed by atoms with van der Waals surface area (Å²) in [4.78, 5) is 23.7. The number of amides is 2. The molecular weight excluding hydrogens is 320 g/mol. The smallest absolute Gasteiger partial charge is 0.276 e. The molecule has 0 spiro atoms. The second kappa shape index (κ2) is 8.30. The van der Waals surface area contributed by atoms with E-state index in [0.29, 0.717) is 18.8 Å².